The van der Waals surface area contributed by atoms with E-state index in [1.807, 2.05) is 12.2 Å². The van der Waals surface area contributed by atoms with Gasteiger partial charge in [0.25, 0.3) is 5.91 Å². The summed E-state index contributed by atoms with van der Waals surface area (Å²) in [4.78, 5) is 27.7. The van der Waals surface area contributed by atoms with E-state index in [9.17, 15) is 9.59 Å². The van der Waals surface area contributed by atoms with Crippen LogP contribution in [-0.4, -0.2) is 54.6 Å². The van der Waals surface area contributed by atoms with Crippen LogP contribution in [0.2, 0.25) is 0 Å². The number of rotatable bonds is 8. The van der Waals surface area contributed by atoms with Gasteiger partial charge >= 0.3 is 6.09 Å². The van der Waals surface area contributed by atoms with Crippen molar-refractivity contribution in [1.82, 2.24) is 9.80 Å². The van der Waals surface area contributed by atoms with Crippen LogP contribution < -0.4 is 0 Å². The van der Waals surface area contributed by atoms with Crippen molar-refractivity contribution < 1.29 is 14.3 Å². The monoisotopic (exact) mass is 332 g/mol. The van der Waals surface area contributed by atoms with Crippen LogP contribution in [0, 0.1) is 0 Å². The molecule has 5 heteroatoms. The predicted octanol–water partition coefficient (Wildman–Crippen LogP) is 3.31. The van der Waals surface area contributed by atoms with Gasteiger partial charge in [0.15, 0.2) is 0 Å². The van der Waals surface area contributed by atoms with Crippen molar-refractivity contribution in [3.63, 3.8) is 0 Å². The fourth-order valence-electron chi connectivity index (χ4n) is 2.26. The second-order valence-electron chi connectivity index (χ2n) is 5.51. The quantitative estimate of drug-likeness (QED) is 0.296. The molecule has 0 unspecified atom stereocenters. The van der Waals surface area contributed by atoms with Gasteiger partial charge in [0.1, 0.15) is 0 Å². The number of amides is 2. The van der Waals surface area contributed by atoms with Gasteiger partial charge in [0.2, 0.25) is 0 Å². The average Bonchev–Trinajstić information content (AvgIpc) is 2.61. The molecule has 0 aliphatic carbocycles. The molecule has 2 amide bonds. The number of nitrogens with zero attached hydrogens (tertiary/aromatic N) is 2. The van der Waals surface area contributed by atoms with Gasteiger partial charge in [0, 0.05) is 31.8 Å². The third-order valence-corrected chi connectivity index (χ3v) is 3.71. The highest BCUT2D eigenvalue weighted by Crippen LogP contribution is 2.10. The largest absolute Gasteiger partial charge is 0.449 e. The predicted molar refractivity (Wildman–Crippen MR) is 96.6 cm³/mol. The van der Waals surface area contributed by atoms with Gasteiger partial charge in [-0.1, -0.05) is 44.2 Å². The van der Waals surface area contributed by atoms with E-state index in [1.165, 1.54) is 0 Å². The molecule has 0 aromatic rings. The number of piperazine rings is 1. The average molecular weight is 332 g/mol. The Morgan fingerprint density at radius 3 is 2.33 bits per heavy atom. The first-order valence-corrected chi connectivity index (χ1v) is 8.45. The first kappa shape index (κ1) is 19.7. The minimum absolute atomic E-state index is 0.0502. The smallest absolute Gasteiger partial charge is 0.409 e. The molecular formula is C19H28N2O3. The Bertz CT molecular complexity index is 501. The Balaban J connectivity index is 2.50. The lowest BCUT2D eigenvalue weighted by molar-refractivity contribution is -0.128. The van der Waals surface area contributed by atoms with Crippen molar-refractivity contribution >= 4 is 12.0 Å². The second kappa shape index (κ2) is 11.3. The summed E-state index contributed by atoms with van der Waals surface area (Å²) in [5.74, 6) is -0.0502. The van der Waals surface area contributed by atoms with Crippen LogP contribution in [0.1, 0.15) is 26.2 Å². The lowest BCUT2D eigenvalue weighted by Gasteiger charge is -2.34. The van der Waals surface area contributed by atoms with Gasteiger partial charge in [-0.05, 0) is 18.9 Å². The van der Waals surface area contributed by atoms with E-state index < -0.39 is 0 Å². The minimum Gasteiger partial charge on any atom is -0.449 e. The Labute approximate surface area is 145 Å². The van der Waals surface area contributed by atoms with Gasteiger partial charge < -0.3 is 14.5 Å². The van der Waals surface area contributed by atoms with Crippen molar-refractivity contribution in [2.45, 2.75) is 26.2 Å². The Morgan fingerprint density at radius 1 is 1.08 bits per heavy atom. The number of carbonyl (C=O) groups is 2. The maximum atomic E-state index is 12.5. The van der Waals surface area contributed by atoms with Crippen LogP contribution in [0.5, 0.6) is 0 Å². The van der Waals surface area contributed by atoms with Crippen molar-refractivity contribution in [3.05, 3.63) is 49.1 Å². The summed E-state index contributed by atoms with van der Waals surface area (Å²) in [5.41, 5.74) is 0.573. The molecule has 0 spiro atoms. The fraction of sp³-hybridized carbons (Fsp3) is 0.474. The topological polar surface area (TPSA) is 49.9 Å². The van der Waals surface area contributed by atoms with Crippen molar-refractivity contribution in [2.24, 2.45) is 0 Å². The number of ether oxygens (including phenoxy) is 1. The SMILES string of the molecule is C=CCCOC(=O)N1CCN(C(=O)/C(C=C)=C/C=C\CCC)CC1. The molecule has 0 radical (unpaired) electrons. The van der Waals surface area contributed by atoms with Gasteiger partial charge in [0.05, 0.1) is 6.61 Å². The molecule has 1 fully saturated rings. The zero-order chi connectivity index (χ0) is 17.8. The Hall–Kier alpha value is -2.30. The summed E-state index contributed by atoms with van der Waals surface area (Å²) in [6.45, 7) is 11.7. The van der Waals surface area contributed by atoms with E-state index in [-0.39, 0.29) is 12.0 Å². The van der Waals surface area contributed by atoms with E-state index in [2.05, 4.69) is 20.1 Å². The summed E-state index contributed by atoms with van der Waals surface area (Å²) in [5, 5.41) is 0. The first-order chi connectivity index (χ1) is 11.6. The van der Waals surface area contributed by atoms with Crippen LogP contribution in [0.15, 0.2) is 49.1 Å². The molecule has 24 heavy (non-hydrogen) atoms. The van der Waals surface area contributed by atoms with Crippen LogP contribution in [0.25, 0.3) is 0 Å². The molecule has 1 heterocycles. The van der Waals surface area contributed by atoms with Crippen LogP contribution >= 0.6 is 0 Å². The van der Waals surface area contributed by atoms with E-state index >= 15 is 0 Å². The highest BCUT2D eigenvalue weighted by Gasteiger charge is 2.25. The molecule has 0 aromatic carbocycles. The molecule has 1 aliphatic heterocycles. The third kappa shape index (κ3) is 6.44. The number of carbonyl (C=O) groups excluding carboxylic acids is 2. The third-order valence-electron chi connectivity index (χ3n) is 3.71. The fourth-order valence-corrected chi connectivity index (χ4v) is 2.26. The van der Waals surface area contributed by atoms with E-state index in [1.54, 1.807) is 28.0 Å². The van der Waals surface area contributed by atoms with Crippen LogP contribution in [0.4, 0.5) is 4.79 Å². The summed E-state index contributed by atoms with van der Waals surface area (Å²) in [6.07, 6.45) is 11.4. The maximum absolute atomic E-state index is 12.5. The summed E-state index contributed by atoms with van der Waals surface area (Å²) in [6, 6.07) is 0. The van der Waals surface area contributed by atoms with Gasteiger partial charge in [-0.25, -0.2) is 4.79 Å². The molecule has 0 aromatic heterocycles. The molecule has 1 rings (SSSR count). The van der Waals surface area contributed by atoms with E-state index in [0.29, 0.717) is 44.8 Å². The number of unbranched alkanes of at least 4 members (excludes halogenated alkanes) is 1. The van der Waals surface area contributed by atoms with Gasteiger partial charge in [-0.2, -0.15) is 0 Å². The number of hydrogen-bond acceptors (Lipinski definition) is 3. The molecule has 132 valence electrons. The van der Waals surface area contributed by atoms with E-state index in [0.717, 1.165) is 12.8 Å². The maximum Gasteiger partial charge on any atom is 0.409 e. The molecule has 5 nitrogen and oxygen atoms in total. The lowest BCUT2D eigenvalue weighted by atomic mass is 10.1. The summed E-state index contributed by atoms with van der Waals surface area (Å²) < 4.78 is 5.14. The molecule has 0 bridgehead atoms. The molecule has 0 N–H and O–H groups in total. The summed E-state index contributed by atoms with van der Waals surface area (Å²) >= 11 is 0. The molecule has 0 atom stereocenters. The van der Waals surface area contributed by atoms with Crippen LogP contribution in [-0.2, 0) is 9.53 Å². The normalized spacial score (nSPS) is 15.5. The highest BCUT2D eigenvalue weighted by atomic mass is 16.6. The standard InChI is InChI=1S/C19H28N2O3/c1-4-7-9-10-11-17(6-3)18(22)20-12-14-21(15-13-20)19(23)24-16-8-5-2/h5-6,9-11H,2-4,7-8,12-16H2,1H3/b10-9-,17-11+. The van der Waals surface area contributed by atoms with Crippen molar-refractivity contribution in [2.75, 3.05) is 32.8 Å². The van der Waals surface area contributed by atoms with Crippen molar-refractivity contribution in [3.8, 4) is 0 Å². The van der Waals surface area contributed by atoms with Gasteiger partial charge in [-0.15, -0.1) is 6.58 Å². The molecule has 1 aliphatic rings. The van der Waals surface area contributed by atoms with Crippen molar-refractivity contribution in [1.29, 1.82) is 0 Å². The highest BCUT2D eigenvalue weighted by molar-refractivity contribution is 5.96. The van der Waals surface area contributed by atoms with E-state index in [4.69, 9.17) is 4.74 Å². The summed E-state index contributed by atoms with van der Waals surface area (Å²) in [7, 11) is 0. The Kier molecular flexibility index (Phi) is 9.27. The zero-order valence-electron chi connectivity index (χ0n) is 14.6. The second-order valence-corrected chi connectivity index (χ2v) is 5.51. The molecule has 1 saturated heterocycles. The molecule has 0 saturated carbocycles. The zero-order valence-corrected chi connectivity index (χ0v) is 14.6. The number of hydrogen-bond donors (Lipinski definition) is 0. The minimum atomic E-state index is -0.328. The molecular weight excluding hydrogens is 304 g/mol. The lowest BCUT2D eigenvalue weighted by Crippen LogP contribution is -2.51. The first-order valence-electron chi connectivity index (χ1n) is 8.45. The number of allylic oxidation sites excluding steroid dienone is 3. The Morgan fingerprint density at radius 2 is 1.75 bits per heavy atom. The van der Waals surface area contributed by atoms with Gasteiger partial charge in [-0.3, -0.25) is 4.79 Å². The van der Waals surface area contributed by atoms with Crippen LogP contribution in [0.3, 0.4) is 0 Å².